The first-order valence-electron chi connectivity index (χ1n) is 11.7. The lowest BCUT2D eigenvalue weighted by atomic mass is 10.2. The standard InChI is InChI=1S/C22H29N5O2.C4H8O2/c1-6-7-8-9-18-16(4)29-21(26-18)20(23-5)19-10-11-24-22(27-19)25-13-17-12-14(2)28-15(17)3;1-3-6-4(2)5/h6-7,10-12,23,26H,8-9,13H2,1-5H3,(H,24,25,27);3H2,1-2H3/b7-6-,21-20+;. The molecule has 0 spiro atoms. The zero-order valence-electron chi connectivity index (χ0n) is 21.7. The molecule has 0 unspecified atom stereocenters. The van der Waals surface area contributed by atoms with E-state index in [4.69, 9.17) is 9.15 Å². The maximum atomic E-state index is 9.82. The van der Waals surface area contributed by atoms with Crippen LogP contribution in [0.1, 0.15) is 63.3 Å². The molecule has 0 saturated heterocycles. The summed E-state index contributed by atoms with van der Waals surface area (Å²) in [5.74, 6) is 3.68. The van der Waals surface area contributed by atoms with Crippen molar-refractivity contribution in [1.82, 2.24) is 20.6 Å². The van der Waals surface area contributed by atoms with E-state index >= 15 is 0 Å². The highest BCUT2D eigenvalue weighted by molar-refractivity contribution is 5.65. The molecule has 2 aromatic rings. The van der Waals surface area contributed by atoms with Gasteiger partial charge in [-0.3, -0.25) is 4.79 Å². The molecule has 0 bridgehead atoms. The molecule has 0 fully saturated rings. The van der Waals surface area contributed by atoms with Crippen LogP contribution in [0.3, 0.4) is 0 Å². The van der Waals surface area contributed by atoms with Crippen LogP contribution in [-0.2, 0) is 20.8 Å². The van der Waals surface area contributed by atoms with E-state index in [0.717, 1.165) is 52.8 Å². The molecule has 3 N–H and O–H groups in total. The van der Waals surface area contributed by atoms with E-state index in [1.54, 1.807) is 13.1 Å². The normalized spacial score (nSPS) is 14.1. The van der Waals surface area contributed by atoms with Crippen molar-refractivity contribution in [2.24, 2.45) is 0 Å². The number of carbonyl (C=O) groups excluding carboxylic acids is 1. The van der Waals surface area contributed by atoms with Gasteiger partial charge in [-0.2, -0.15) is 0 Å². The van der Waals surface area contributed by atoms with Gasteiger partial charge in [-0.15, -0.1) is 0 Å². The van der Waals surface area contributed by atoms with Crippen LogP contribution < -0.4 is 16.0 Å². The first-order chi connectivity index (χ1) is 16.8. The average molecular weight is 484 g/mol. The maximum absolute atomic E-state index is 9.82. The Morgan fingerprint density at radius 2 is 2.06 bits per heavy atom. The number of nitrogens with zero attached hydrogens (tertiary/aromatic N) is 2. The third-order valence-electron chi connectivity index (χ3n) is 5.06. The van der Waals surface area contributed by atoms with Gasteiger partial charge >= 0.3 is 5.97 Å². The third kappa shape index (κ3) is 8.51. The lowest BCUT2D eigenvalue weighted by Crippen LogP contribution is -2.17. The number of esters is 1. The van der Waals surface area contributed by atoms with Gasteiger partial charge in [-0.1, -0.05) is 12.2 Å². The monoisotopic (exact) mass is 483 g/mol. The second-order valence-corrected chi connectivity index (χ2v) is 7.81. The quantitative estimate of drug-likeness (QED) is 0.338. The van der Waals surface area contributed by atoms with Gasteiger partial charge in [-0.25, -0.2) is 9.97 Å². The molecule has 3 rings (SSSR count). The third-order valence-corrected chi connectivity index (χ3v) is 5.06. The Bertz CT molecular complexity index is 1090. The molecule has 190 valence electrons. The molecular formula is C26H37N5O4. The van der Waals surface area contributed by atoms with Crippen LogP contribution in [0.2, 0.25) is 0 Å². The molecule has 0 saturated carbocycles. The minimum Gasteiger partial charge on any atom is -0.466 e. The number of ether oxygens (including phenoxy) is 2. The molecule has 1 aliphatic heterocycles. The first-order valence-corrected chi connectivity index (χ1v) is 11.7. The SMILES string of the molecule is C/C=C\CCC1=C(C)O/C(=C(/NC)c2ccnc(NCc3cc(C)oc3C)n2)N1.CCOC(C)=O. The Balaban J connectivity index is 0.000000641. The Morgan fingerprint density at radius 1 is 1.29 bits per heavy atom. The van der Waals surface area contributed by atoms with Crippen LogP contribution in [0.25, 0.3) is 5.70 Å². The second kappa shape index (κ2) is 13.8. The average Bonchev–Trinajstić information content (AvgIpc) is 3.34. The van der Waals surface area contributed by atoms with Crippen molar-refractivity contribution in [3.63, 3.8) is 0 Å². The lowest BCUT2D eigenvalue weighted by Gasteiger charge is -2.12. The summed E-state index contributed by atoms with van der Waals surface area (Å²) in [7, 11) is 1.85. The van der Waals surface area contributed by atoms with Gasteiger partial charge in [-0.05, 0) is 59.6 Å². The van der Waals surface area contributed by atoms with Crippen LogP contribution in [-0.4, -0.2) is 29.6 Å². The molecule has 0 radical (unpaired) electrons. The molecule has 3 heterocycles. The van der Waals surface area contributed by atoms with Crippen molar-refractivity contribution in [2.75, 3.05) is 19.0 Å². The first kappa shape index (κ1) is 27.5. The summed E-state index contributed by atoms with van der Waals surface area (Å²) in [6.45, 7) is 12.1. The molecule has 9 nitrogen and oxygen atoms in total. The van der Waals surface area contributed by atoms with Crippen molar-refractivity contribution in [2.45, 2.75) is 60.9 Å². The molecule has 0 amide bonds. The number of furan rings is 1. The Labute approximate surface area is 207 Å². The predicted octanol–water partition coefficient (Wildman–Crippen LogP) is 4.92. The largest absolute Gasteiger partial charge is 0.466 e. The Kier molecular flexibility index (Phi) is 10.9. The molecule has 2 aromatic heterocycles. The van der Waals surface area contributed by atoms with E-state index in [2.05, 4.69) is 42.8 Å². The van der Waals surface area contributed by atoms with Gasteiger partial charge in [0.25, 0.3) is 0 Å². The molecule has 9 heteroatoms. The van der Waals surface area contributed by atoms with Crippen molar-refractivity contribution in [3.05, 3.63) is 70.6 Å². The van der Waals surface area contributed by atoms with E-state index in [1.165, 1.54) is 6.92 Å². The molecule has 0 aromatic carbocycles. The van der Waals surface area contributed by atoms with E-state index in [-0.39, 0.29) is 5.97 Å². The number of hydrogen-bond donors (Lipinski definition) is 3. The van der Waals surface area contributed by atoms with Crippen LogP contribution in [0.15, 0.2) is 52.2 Å². The van der Waals surface area contributed by atoms with Crippen molar-refractivity contribution >= 4 is 17.6 Å². The second-order valence-electron chi connectivity index (χ2n) is 7.81. The number of hydrogen-bond acceptors (Lipinski definition) is 9. The molecule has 0 aliphatic carbocycles. The summed E-state index contributed by atoms with van der Waals surface area (Å²) in [5.41, 5.74) is 3.71. The van der Waals surface area contributed by atoms with Crippen molar-refractivity contribution < 1.29 is 18.7 Å². The fourth-order valence-electron chi connectivity index (χ4n) is 3.39. The highest BCUT2D eigenvalue weighted by Gasteiger charge is 2.21. The van der Waals surface area contributed by atoms with Crippen molar-refractivity contribution in [1.29, 1.82) is 0 Å². The van der Waals surface area contributed by atoms with E-state index < -0.39 is 0 Å². The number of nitrogens with one attached hydrogen (secondary N) is 3. The highest BCUT2D eigenvalue weighted by Crippen LogP contribution is 2.26. The van der Waals surface area contributed by atoms with Gasteiger partial charge in [0.2, 0.25) is 11.8 Å². The summed E-state index contributed by atoms with van der Waals surface area (Å²) >= 11 is 0. The van der Waals surface area contributed by atoms with Gasteiger partial charge < -0.3 is 29.8 Å². The summed E-state index contributed by atoms with van der Waals surface area (Å²) in [6.07, 6.45) is 7.81. The summed E-state index contributed by atoms with van der Waals surface area (Å²) < 4.78 is 15.9. The summed E-state index contributed by atoms with van der Waals surface area (Å²) in [6, 6.07) is 3.88. The molecule has 1 aliphatic rings. The Hall–Kier alpha value is -3.75. The minimum atomic E-state index is -0.211. The smallest absolute Gasteiger partial charge is 0.302 e. The molecule has 35 heavy (non-hydrogen) atoms. The number of aromatic nitrogens is 2. The number of rotatable bonds is 9. The van der Waals surface area contributed by atoms with Gasteiger partial charge in [0.15, 0.2) is 0 Å². The number of anilines is 1. The van der Waals surface area contributed by atoms with E-state index in [9.17, 15) is 4.79 Å². The van der Waals surface area contributed by atoms with Gasteiger partial charge in [0.1, 0.15) is 23.0 Å². The van der Waals surface area contributed by atoms with Crippen LogP contribution >= 0.6 is 0 Å². The number of carbonyl (C=O) groups is 1. The predicted molar refractivity (Wildman–Crippen MR) is 137 cm³/mol. The lowest BCUT2D eigenvalue weighted by molar-refractivity contribution is -0.140. The van der Waals surface area contributed by atoms with Crippen LogP contribution in [0, 0.1) is 13.8 Å². The fourth-order valence-corrected chi connectivity index (χ4v) is 3.39. The van der Waals surface area contributed by atoms with Gasteiger partial charge in [0, 0.05) is 32.3 Å². The highest BCUT2D eigenvalue weighted by atomic mass is 16.5. The van der Waals surface area contributed by atoms with Crippen LogP contribution in [0.5, 0.6) is 0 Å². The Morgan fingerprint density at radius 3 is 2.63 bits per heavy atom. The minimum absolute atomic E-state index is 0.211. The topological polar surface area (TPSA) is 111 Å². The maximum Gasteiger partial charge on any atom is 0.302 e. The van der Waals surface area contributed by atoms with E-state index in [0.29, 0.717) is 25.0 Å². The zero-order chi connectivity index (χ0) is 25.8. The summed E-state index contributed by atoms with van der Waals surface area (Å²) in [4.78, 5) is 18.8. The number of aryl methyl sites for hydroxylation is 2. The molecular weight excluding hydrogens is 446 g/mol. The molecule has 0 atom stereocenters. The van der Waals surface area contributed by atoms with Crippen molar-refractivity contribution in [3.8, 4) is 0 Å². The fraction of sp³-hybridized carbons (Fsp3) is 0.423. The van der Waals surface area contributed by atoms with Crippen LogP contribution in [0.4, 0.5) is 5.95 Å². The number of allylic oxidation sites excluding steroid dienone is 4. The van der Waals surface area contributed by atoms with Gasteiger partial charge in [0.05, 0.1) is 18.0 Å². The summed E-state index contributed by atoms with van der Waals surface area (Å²) in [5, 5.41) is 9.85. The zero-order valence-corrected chi connectivity index (χ0v) is 21.7. The van der Waals surface area contributed by atoms with E-state index in [1.807, 2.05) is 46.9 Å².